The van der Waals surface area contributed by atoms with Gasteiger partial charge >= 0.3 is 11.9 Å². The molecule has 1 aliphatic rings. The van der Waals surface area contributed by atoms with Crippen molar-refractivity contribution in [1.82, 2.24) is 0 Å². The first-order chi connectivity index (χ1) is 16.2. The Morgan fingerprint density at radius 3 is 2.59 bits per heavy atom. The molecule has 2 rings (SSSR count). The zero-order valence-corrected chi connectivity index (χ0v) is 20.2. The molecule has 1 aliphatic carbocycles. The molecule has 0 aromatic heterocycles. The van der Waals surface area contributed by atoms with E-state index in [0.29, 0.717) is 37.9 Å². The first kappa shape index (κ1) is 27.6. The summed E-state index contributed by atoms with van der Waals surface area (Å²) in [4.78, 5) is 22.8. The van der Waals surface area contributed by atoms with Gasteiger partial charge in [0.05, 0.1) is 12.2 Å². The van der Waals surface area contributed by atoms with Crippen LogP contribution in [0.4, 0.5) is 0 Å². The number of rotatable bonds is 14. The molecule has 0 heterocycles. The SMILES string of the molecule is CCCC(=O)OC1=C(CCCCCCC(=O)O)[C@@H](/C=C/[C@H](O)Cc2ccc(O)c(C)c2)[C@H](O)C1. The Balaban J connectivity index is 2.06. The van der Waals surface area contributed by atoms with Crippen molar-refractivity contribution in [2.75, 3.05) is 0 Å². The van der Waals surface area contributed by atoms with Crippen LogP contribution in [0.3, 0.4) is 0 Å². The average molecular weight is 475 g/mol. The number of carboxylic acids is 1. The van der Waals surface area contributed by atoms with E-state index in [1.807, 2.05) is 13.0 Å². The van der Waals surface area contributed by atoms with Gasteiger partial charge in [0.1, 0.15) is 11.5 Å². The fourth-order valence-electron chi connectivity index (χ4n) is 4.26. The molecule has 0 bridgehead atoms. The molecular formula is C27H38O7. The van der Waals surface area contributed by atoms with Crippen LogP contribution >= 0.6 is 0 Å². The summed E-state index contributed by atoms with van der Waals surface area (Å²) < 4.78 is 5.58. The van der Waals surface area contributed by atoms with Crippen LogP contribution in [0.2, 0.25) is 0 Å². The molecule has 7 nitrogen and oxygen atoms in total. The maximum Gasteiger partial charge on any atom is 0.310 e. The Hall–Kier alpha value is -2.64. The average Bonchev–Trinajstić information content (AvgIpc) is 3.05. The lowest BCUT2D eigenvalue weighted by atomic mass is 9.93. The van der Waals surface area contributed by atoms with Crippen LogP contribution in [-0.4, -0.2) is 44.6 Å². The van der Waals surface area contributed by atoms with Crippen molar-refractivity contribution in [1.29, 1.82) is 0 Å². The molecule has 1 aromatic rings. The van der Waals surface area contributed by atoms with Gasteiger partial charge in [-0.2, -0.15) is 0 Å². The zero-order chi connectivity index (χ0) is 25.1. The van der Waals surface area contributed by atoms with Crippen LogP contribution < -0.4 is 0 Å². The largest absolute Gasteiger partial charge is 0.508 e. The summed E-state index contributed by atoms with van der Waals surface area (Å²) in [7, 11) is 0. The highest BCUT2D eigenvalue weighted by Gasteiger charge is 2.33. The number of carboxylic acid groups (broad SMARTS) is 1. The fourth-order valence-corrected chi connectivity index (χ4v) is 4.26. The molecule has 7 heteroatoms. The second kappa shape index (κ2) is 13.9. The van der Waals surface area contributed by atoms with Crippen molar-refractivity contribution in [3.63, 3.8) is 0 Å². The third kappa shape index (κ3) is 8.95. The van der Waals surface area contributed by atoms with E-state index in [1.165, 1.54) is 0 Å². The molecule has 0 fully saturated rings. The van der Waals surface area contributed by atoms with Gasteiger partial charge in [0.15, 0.2) is 0 Å². The molecule has 0 saturated carbocycles. The predicted octanol–water partition coefficient (Wildman–Crippen LogP) is 4.56. The molecule has 0 spiro atoms. The number of aliphatic carboxylic acids is 1. The lowest BCUT2D eigenvalue weighted by Crippen LogP contribution is -2.16. The number of benzene rings is 1. The van der Waals surface area contributed by atoms with Gasteiger partial charge in [0.25, 0.3) is 0 Å². The van der Waals surface area contributed by atoms with Crippen molar-refractivity contribution in [2.45, 2.75) is 90.3 Å². The lowest BCUT2D eigenvalue weighted by molar-refractivity contribution is -0.140. The third-order valence-electron chi connectivity index (χ3n) is 6.09. The number of hydrogen-bond acceptors (Lipinski definition) is 6. The molecule has 4 N–H and O–H groups in total. The quantitative estimate of drug-likeness (QED) is 0.177. The Kier molecular flexibility index (Phi) is 11.3. The molecule has 0 aliphatic heterocycles. The number of carbonyl (C=O) groups excluding carboxylic acids is 1. The Morgan fingerprint density at radius 1 is 1.18 bits per heavy atom. The molecule has 1 aromatic carbocycles. The summed E-state index contributed by atoms with van der Waals surface area (Å²) in [6, 6.07) is 5.21. The van der Waals surface area contributed by atoms with Gasteiger partial charge in [-0.3, -0.25) is 9.59 Å². The molecule has 0 amide bonds. The summed E-state index contributed by atoms with van der Waals surface area (Å²) in [5, 5.41) is 39.6. The highest BCUT2D eigenvalue weighted by Crippen LogP contribution is 2.37. The van der Waals surface area contributed by atoms with Gasteiger partial charge in [-0.15, -0.1) is 0 Å². The molecular weight excluding hydrogens is 436 g/mol. The second-order valence-electron chi connectivity index (χ2n) is 9.05. The molecule has 34 heavy (non-hydrogen) atoms. The standard InChI is InChI=1S/C27H38O7/c1-3-8-27(33)34-25-17-24(30)21(22(25)9-6-4-5-7-10-26(31)32)13-12-20(28)16-19-11-14-23(29)18(2)15-19/h11-15,20-21,24,28-30H,3-10,16-17H2,1-2H3,(H,31,32)/b13-12+/t20-,21+,24+/m0/s1. The van der Waals surface area contributed by atoms with Crippen molar-refractivity contribution in [3.8, 4) is 5.75 Å². The van der Waals surface area contributed by atoms with Crippen LogP contribution in [-0.2, 0) is 20.7 Å². The number of unbranched alkanes of at least 4 members (excludes halogenated alkanes) is 3. The van der Waals surface area contributed by atoms with Crippen LogP contribution in [0.15, 0.2) is 41.7 Å². The summed E-state index contributed by atoms with van der Waals surface area (Å²) in [6.07, 6.45) is 7.47. The Morgan fingerprint density at radius 2 is 1.91 bits per heavy atom. The normalized spacial score (nSPS) is 19.1. The summed E-state index contributed by atoms with van der Waals surface area (Å²) in [5.41, 5.74) is 2.51. The van der Waals surface area contributed by atoms with Crippen molar-refractivity contribution in [2.24, 2.45) is 5.92 Å². The van der Waals surface area contributed by atoms with E-state index in [1.54, 1.807) is 31.2 Å². The first-order valence-electron chi connectivity index (χ1n) is 12.2. The van der Waals surface area contributed by atoms with E-state index < -0.39 is 18.2 Å². The predicted molar refractivity (Wildman–Crippen MR) is 129 cm³/mol. The van der Waals surface area contributed by atoms with Crippen LogP contribution in [0.1, 0.15) is 75.8 Å². The van der Waals surface area contributed by atoms with E-state index >= 15 is 0 Å². The number of ether oxygens (including phenoxy) is 1. The van der Waals surface area contributed by atoms with Crippen LogP contribution in [0.25, 0.3) is 0 Å². The number of aliphatic hydroxyl groups excluding tert-OH is 2. The van der Waals surface area contributed by atoms with Gasteiger partial charge in [0, 0.05) is 31.6 Å². The molecule has 3 atom stereocenters. The maximum atomic E-state index is 12.1. The molecule has 0 radical (unpaired) electrons. The minimum atomic E-state index is -0.794. The smallest absolute Gasteiger partial charge is 0.310 e. The Bertz CT molecular complexity index is 887. The van der Waals surface area contributed by atoms with Crippen molar-refractivity contribution in [3.05, 3.63) is 52.8 Å². The van der Waals surface area contributed by atoms with Crippen molar-refractivity contribution >= 4 is 11.9 Å². The molecule has 0 saturated heterocycles. The van der Waals surface area contributed by atoms with Gasteiger partial charge in [-0.05, 0) is 55.4 Å². The number of phenolic OH excluding ortho intramolecular Hbond substituents is 1. The second-order valence-corrected chi connectivity index (χ2v) is 9.05. The monoisotopic (exact) mass is 474 g/mol. The number of esters is 1. The van der Waals surface area contributed by atoms with E-state index in [2.05, 4.69) is 0 Å². The maximum absolute atomic E-state index is 12.1. The fraction of sp³-hybridized carbons (Fsp3) is 0.556. The number of aromatic hydroxyl groups is 1. The van der Waals surface area contributed by atoms with E-state index in [9.17, 15) is 24.9 Å². The highest BCUT2D eigenvalue weighted by molar-refractivity contribution is 5.70. The third-order valence-corrected chi connectivity index (χ3v) is 6.09. The topological polar surface area (TPSA) is 124 Å². The summed E-state index contributed by atoms with van der Waals surface area (Å²) in [5.74, 6) is -0.714. The summed E-state index contributed by atoms with van der Waals surface area (Å²) >= 11 is 0. The van der Waals surface area contributed by atoms with Crippen molar-refractivity contribution < 1.29 is 34.8 Å². The highest BCUT2D eigenvalue weighted by atomic mass is 16.5. The number of aliphatic hydroxyl groups is 2. The number of aryl methyl sites for hydroxylation is 1. The van der Waals surface area contributed by atoms with Gasteiger partial charge in [-0.1, -0.05) is 44.1 Å². The van der Waals surface area contributed by atoms with Crippen LogP contribution in [0.5, 0.6) is 5.75 Å². The lowest BCUT2D eigenvalue weighted by Gasteiger charge is -2.16. The first-order valence-corrected chi connectivity index (χ1v) is 12.2. The zero-order valence-electron chi connectivity index (χ0n) is 20.2. The number of carbonyl (C=O) groups is 2. The van der Waals surface area contributed by atoms with Gasteiger partial charge in [-0.25, -0.2) is 0 Å². The van der Waals surface area contributed by atoms with E-state index in [0.717, 1.165) is 36.0 Å². The minimum absolute atomic E-state index is 0.158. The number of phenols is 1. The van der Waals surface area contributed by atoms with Crippen LogP contribution in [0, 0.1) is 12.8 Å². The molecule has 188 valence electrons. The van der Waals surface area contributed by atoms with Gasteiger partial charge in [0.2, 0.25) is 0 Å². The van der Waals surface area contributed by atoms with E-state index in [4.69, 9.17) is 9.84 Å². The molecule has 0 unspecified atom stereocenters. The Labute approximate surface area is 201 Å². The summed E-state index contributed by atoms with van der Waals surface area (Å²) in [6.45, 7) is 3.70. The minimum Gasteiger partial charge on any atom is -0.508 e. The van der Waals surface area contributed by atoms with E-state index in [-0.39, 0.29) is 30.5 Å². The number of hydrogen-bond donors (Lipinski definition) is 4. The van der Waals surface area contributed by atoms with Gasteiger partial charge < -0.3 is 25.2 Å².